The van der Waals surface area contributed by atoms with Gasteiger partial charge in [-0.15, -0.1) is 0 Å². The highest BCUT2D eigenvalue weighted by molar-refractivity contribution is 5.67. The first-order valence-corrected chi connectivity index (χ1v) is 7.76. The molecule has 0 atom stereocenters. The van der Waals surface area contributed by atoms with Crippen LogP contribution in [0.4, 0.5) is 0 Å². The molecular weight excluding hydrogens is 318 g/mol. The third kappa shape index (κ3) is 3.17. The fourth-order valence-electron chi connectivity index (χ4n) is 2.55. The summed E-state index contributed by atoms with van der Waals surface area (Å²) in [6, 6.07) is 15.8. The van der Waals surface area contributed by atoms with Crippen LogP contribution >= 0.6 is 0 Å². The molecule has 0 saturated heterocycles. The third-order valence-corrected chi connectivity index (χ3v) is 3.75. The number of para-hydroxylation sites is 1. The summed E-state index contributed by atoms with van der Waals surface area (Å²) >= 11 is 0. The normalized spacial score (nSPS) is 10.4. The molecule has 0 bridgehead atoms. The molecule has 0 aliphatic heterocycles. The van der Waals surface area contributed by atoms with Gasteiger partial charge in [0.15, 0.2) is 5.88 Å². The van der Waals surface area contributed by atoms with Crippen LogP contribution < -0.4 is 20.0 Å². The molecule has 0 aliphatic carbocycles. The molecule has 5 nitrogen and oxygen atoms in total. The van der Waals surface area contributed by atoms with Crippen molar-refractivity contribution in [3.05, 3.63) is 77.7 Å². The molecule has 0 aliphatic rings. The number of rotatable bonds is 5. The summed E-state index contributed by atoms with van der Waals surface area (Å²) in [5.41, 5.74) is 0.388. The molecule has 2 aromatic carbocycles. The standard InChI is InChI=1S/C20H17NO4/c1-3-13-24-16-12-8-7-11-15(16)19-21(2)18(22)17(20(23)25-19)14-9-5-4-6-10-14/h3-12H,1,13H2,2H3. The van der Waals surface area contributed by atoms with Gasteiger partial charge in [0.2, 0.25) is 0 Å². The molecule has 0 unspecified atom stereocenters. The highest BCUT2D eigenvalue weighted by atomic mass is 16.5. The Hall–Kier alpha value is -3.34. The van der Waals surface area contributed by atoms with Crippen LogP contribution in [0.15, 0.2) is 76.5 Å². The first-order chi connectivity index (χ1) is 12.1. The smallest absolute Gasteiger partial charge is 0.386 e. The Morgan fingerprint density at radius 2 is 1.84 bits per heavy atom. The quantitative estimate of drug-likeness (QED) is 0.530. The summed E-state index contributed by atoms with van der Waals surface area (Å²) in [5, 5.41) is 12.8. The predicted octanol–water partition coefficient (Wildman–Crippen LogP) is 2.44. The van der Waals surface area contributed by atoms with Crippen LogP contribution in [-0.2, 0) is 7.05 Å². The van der Waals surface area contributed by atoms with E-state index in [-0.39, 0.29) is 11.5 Å². The first-order valence-electron chi connectivity index (χ1n) is 7.76. The lowest BCUT2D eigenvalue weighted by atomic mass is 10.1. The zero-order chi connectivity index (χ0) is 17.8. The number of nitrogens with zero attached hydrogens (tertiary/aromatic N) is 1. The van der Waals surface area contributed by atoms with Gasteiger partial charge in [-0.25, -0.2) is 4.79 Å². The summed E-state index contributed by atoms with van der Waals surface area (Å²) in [6.07, 6.45) is 1.62. The van der Waals surface area contributed by atoms with Gasteiger partial charge in [-0.05, 0) is 17.7 Å². The Labute approximate surface area is 145 Å². The molecule has 0 amide bonds. The van der Waals surface area contributed by atoms with E-state index in [0.29, 0.717) is 23.5 Å². The first kappa shape index (κ1) is 16.5. The van der Waals surface area contributed by atoms with Crippen molar-refractivity contribution in [2.75, 3.05) is 6.61 Å². The maximum atomic E-state index is 12.8. The summed E-state index contributed by atoms with van der Waals surface area (Å²) < 4.78 is 12.4. The van der Waals surface area contributed by atoms with Crippen molar-refractivity contribution in [2.45, 2.75) is 0 Å². The predicted molar refractivity (Wildman–Crippen MR) is 92.2 cm³/mol. The van der Waals surface area contributed by atoms with Crippen molar-refractivity contribution in [1.82, 2.24) is 0 Å². The highest BCUT2D eigenvalue weighted by Gasteiger charge is 2.24. The van der Waals surface area contributed by atoms with E-state index in [4.69, 9.17) is 9.15 Å². The minimum Gasteiger partial charge on any atom is -0.822 e. The summed E-state index contributed by atoms with van der Waals surface area (Å²) in [7, 11) is 1.57. The monoisotopic (exact) mass is 335 g/mol. The van der Waals surface area contributed by atoms with E-state index in [1.165, 1.54) is 4.57 Å². The number of hydrogen-bond donors (Lipinski definition) is 0. The second-order valence-corrected chi connectivity index (χ2v) is 5.40. The van der Waals surface area contributed by atoms with Gasteiger partial charge in [-0.3, -0.25) is 0 Å². The average Bonchev–Trinajstić information content (AvgIpc) is 2.64. The molecule has 1 aromatic heterocycles. The van der Waals surface area contributed by atoms with Crippen LogP contribution in [0, 0.1) is 0 Å². The third-order valence-electron chi connectivity index (χ3n) is 3.75. The van der Waals surface area contributed by atoms with Crippen molar-refractivity contribution in [3.8, 4) is 34.2 Å². The molecule has 5 heteroatoms. The van der Waals surface area contributed by atoms with Crippen molar-refractivity contribution in [2.24, 2.45) is 7.05 Å². The lowest BCUT2D eigenvalue weighted by Crippen LogP contribution is -2.38. The Kier molecular flexibility index (Phi) is 4.66. The summed E-state index contributed by atoms with van der Waals surface area (Å²) in [5.74, 6) is 0.235. The molecule has 0 radical (unpaired) electrons. The molecular formula is C20H17NO4. The molecule has 0 N–H and O–H groups in total. The Morgan fingerprint density at radius 1 is 1.16 bits per heavy atom. The largest absolute Gasteiger partial charge is 0.822 e. The minimum atomic E-state index is -0.678. The van der Waals surface area contributed by atoms with Gasteiger partial charge in [0.25, 0.3) is 0 Å². The molecule has 3 rings (SSSR count). The van der Waals surface area contributed by atoms with Crippen LogP contribution in [-0.4, -0.2) is 6.61 Å². The number of benzene rings is 2. The minimum absolute atomic E-state index is 0.0105. The van der Waals surface area contributed by atoms with Gasteiger partial charge >= 0.3 is 11.5 Å². The molecule has 25 heavy (non-hydrogen) atoms. The van der Waals surface area contributed by atoms with Gasteiger partial charge in [0, 0.05) is 0 Å². The average molecular weight is 335 g/mol. The van der Waals surface area contributed by atoms with E-state index in [2.05, 4.69) is 6.58 Å². The molecule has 0 spiro atoms. The fourth-order valence-corrected chi connectivity index (χ4v) is 2.55. The number of ether oxygens (including phenoxy) is 1. The van der Waals surface area contributed by atoms with E-state index >= 15 is 0 Å². The van der Waals surface area contributed by atoms with E-state index in [1.807, 2.05) is 6.07 Å². The molecule has 0 saturated carbocycles. The summed E-state index contributed by atoms with van der Waals surface area (Å²) in [4.78, 5) is 12.5. The second kappa shape index (κ2) is 7.05. The number of hydrogen-bond acceptors (Lipinski definition) is 4. The van der Waals surface area contributed by atoms with Crippen LogP contribution in [0.1, 0.15) is 0 Å². The SMILES string of the molecule is C=CCOc1ccccc1-c1oc(=O)c(-c2ccccc2)c([O-])[n+]1C. The van der Waals surface area contributed by atoms with Crippen molar-refractivity contribution >= 4 is 0 Å². The molecule has 3 aromatic rings. The Morgan fingerprint density at radius 3 is 2.56 bits per heavy atom. The van der Waals surface area contributed by atoms with Gasteiger partial charge < -0.3 is 14.3 Å². The van der Waals surface area contributed by atoms with Crippen LogP contribution in [0.5, 0.6) is 11.6 Å². The van der Waals surface area contributed by atoms with E-state index in [9.17, 15) is 9.90 Å². The lowest BCUT2D eigenvalue weighted by molar-refractivity contribution is -0.711. The highest BCUT2D eigenvalue weighted by Crippen LogP contribution is 2.29. The maximum absolute atomic E-state index is 12.8. The summed E-state index contributed by atoms with van der Waals surface area (Å²) in [6.45, 7) is 3.92. The van der Waals surface area contributed by atoms with Crippen LogP contribution in [0.3, 0.4) is 0 Å². The maximum Gasteiger partial charge on any atom is 0.386 e. The van der Waals surface area contributed by atoms with E-state index in [1.54, 1.807) is 61.7 Å². The van der Waals surface area contributed by atoms with Crippen LogP contribution in [0.25, 0.3) is 22.6 Å². The lowest BCUT2D eigenvalue weighted by Gasteiger charge is -2.13. The van der Waals surface area contributed by atoms with Gasteiger partial charge in [0.1, 0.15) is 30.5 Å². The van der Waals surface area contributed by atoms with Crippen molar-refractivity contribution in [1.29, 1.82) is 0 Å². The Bertz CT molecular complexity index is 961. The van der Waals surface area contributed by atoms with Crippen LogP contribution in [0.2, 0.25) is 0 Å². The molecule has 1 heterocycles. The number of aromatic nitrogens is 1. The fraction of sp³-hybridized carbons (Fsp3) is 0.100. The van der Waals surface area contributed by atoms with Gasteiger partial charge in [0.05, 0.1) is 0 Å². The van der Waals surface area contributed by atoms with Crippen molar-refractivity contribution in [3.63, 3.8) is 0 Å². The van der Waals surface area contributed by atoms with E-state index < -0.39 is 11.5 Å². The molecule has 126 valence electrons. The second-order valence-electron chi connectivity index (χ2n) is 5.40. The zero-order valence-electron chi connectivity index (χ0n) is 13.8. The van der Waals surface area contributed by atoms with E-state index in [0.717, 1.165) is 0 Å². The Balaban J connectivity index is 2.18. The topological polar surface area (TPSA) is 66.4 Å². The van der Waals surface area contributed by atoms with Gasteiger partial charge in [-0.2, -0.15) is 4.57 Å². The zero-order valence-corrected chi connectivity index (χ0v) is 13.8. The van der Waals surface area contributed by atoms with Gasteiger partial charge in [-0.1, -0.05) is 55.1 Å². The van der Waals surface area contributed by atoms with Crippen molar-refractivity contribution < 1.29 is 18.8 Å². The molecule has 0 fully saturated rings.